The maximum atomic E-state index is 8.72. The Morgan fingerprint density at radius 1 is 1.25 bits per heavy atom. The average molecular weight is 161 g/mol. The quantitative estimate of drug-likeness (QED) is 0.632. The van der Waals surface area contributed by atoms with Crippen molar-refractivity contribution in [2.75, 3.05) is 7.11 Å². The van der Waals surface area contributed by atoms with Crippen LogP contribution in [0.1, 0.15) is 16.7 Å². The Kier molecular flexibility index (Phi) is 2.35. The minimum atomic E-state index is 0.716. The number of aryl methyl sites for hydroxylation is 2. The van der Waals surface area contributed by atoms with Gasteiger partial charge in [-0.05, 0) is 37.1 Å². The maximum Gasteiger partial charge on any atom is 0.122 e. The fraction of sp³-hybridized carbons (Fsp3) is 0.300. The molecule has 2 nitrogen and oxygen atoms in total. The molecule has 0 saturated carbocycles. The van der Waals surface area contributed by atoms with Crippen molar-refractivity contribution in [2.24, 2.45) is 0 Å². The predicted molar refractivity (Wildman–Crippen MR) is 47.2 cm³/mol. The van der Waals surface area contributed by atoms with Gasteiger partial charge in [0.15, 0.2) is 0 Å². The van der Waals surface area contributed by atoms with Crippen molar-refractivity contribution in [3.63, 3.8) is 0 Å². The van der Waals surface area contributed by atoms with E-state index in [-0.39, 0.29) is 0 Å². The fourth-order valence-electron chi connectivity index (χ4n) is 1.13. The predicted octanol–water partition coefficient (Wildman–Crippen LogP) is 2.18. The molecule has 0 aromatic heterocycles. The second kappa shape index (κ2) is 3.27. The highest BCUT2D eigenvalue weighted by molar-refractivity contribution is 5.46. The van der Waals surface area contributed by atoms with E-state index in [1.54, 1.807) is 7.11 Å². The van der Waals surface area contributed by atoms with Crippen molar-refractivity contribution in [3.8, 4) is 11.8 Å². The molecule has 0 aliphatic rings. The Balaban J connectivity index is 3.28. The van der Waals surface area contributed by atoms with Crippen LogP contribution in [-0.4, -0.2) is 7.11 Å². The van der Waals surface area contributed by atoms with Crippen molar-refractivity contribution in [1.82, 2.24) is 0 Å². The second-order valence-corrected chi connectivity index (χ2v) is 2.75. The Labute approximate surface area is 72.4 Å². The van der Waals surface area contributed by atoms with Gasteiger partial charge in [0, 0.05) is 0 Å². The van der Waals surface area contributed by atoms with Crippen molar-refractivity contribution in [3.05, 3.63) is 28.8 Å². The normalized spacial score (nSPS) is 9.17. The number of ether oxygens (including phenoxy) is 1. The lowest BCUT2D eigenvalue weighted by Crippen LogP contribution is -1.90. The Hall–Kier alpha value is -1.49. The number of methoxy groups -OCH3 is 1. The Morgan fingerprint density at radius 2 is 1.92 bits per heavy atom. The summed E-state index contributed by atoms with van der Waals surface area (Å²) in [7, 11) is 1.63. The first-order valence-corrected chi connectivity index (χ1v) is 3.74. The third-order valence-electron chi connectivity index (χ3n) is 1.86. The molecule has 0 heterocycles. The van der Waals surface area contributed by atoms with Crippen LogP contribution in [-0.2, 0) is 0 Å². The third kappa shape index (κ3) is 1.40. The zero-order valence-electron chi connectivity index (χ0n) is 7.51. The second-order valence-electron chi connectivity index (χ2n) is 2.75. The lowest BCUT2D eigenvalue weighted by molar-refractivity contribution is 0.411. The number of nitrogens with zero attached hydrogens (tertiary/aromatic N) is 1. The molecule has 0 radical (unpaired) electrons. The number of hydrogen-bond donors (Lipinski definition) is 0. The SMILES string of the molecule is COc1cc(C)c(C#N)cc1C. The summed E-state index contributed by atoms with van der Waals surface area (Å²) < 4.78 is 5.12. The Morgan fingerprint density at radius 3 is 2.42 bits per heavy atom. The smallest absolute Gasteiger partial charge is 0.122 e. The highest BCUT2D eigenvalue weighted by Crippen LogP contribution is 2.21. The maximum absolute atomic E-state index is 8.72. The van der Waals surface area contributed by atoms with Gasteiger partial charge < -0.3 is 4.74 Å². The standard InChI is InChI=1S/C10H11NO/c1-7-5-10(12-3)8(2)4-9(7)6-11/h4-5H,1-3H3. The van der Waals surface area contributed by atoms with Gasteiger partial charge in [-0.2, -0.15) is 5.26 Å². The lowest BCUT2D eigenvalue weighted by atomic mass is 10.1. The topological polar surface area (TPSA) is 33.0 Å². The van der Waals surface area contributed by atoms with Crippen molar-refractivity contribution >= 4 is 0 Å². The van der Waals surface area contributed by atoms with Crippen LogP contribution in [0.2, 0.25) is 0 Å². The molecular weight excluding hydrogens is 150 g/mol. The molecule has 0 amide bonds. The third-order valence-corrected chi connectivity index (χ3v) is 1.86. The van der Waals surface area contributed by atoms with Gasteiger partial charge in [0.1, 0.15) is 5.75 Å². The molecule has 0 fully saturated rings. The molecule has 0 unspecified atom stereocenters. The summed E-state index contributed by atoms with van der Waals surface area (Å²) in [6.07, 6.45) is 0. The van der Waals surface area contributed by atoms with Crippen molar-refractivity contribution in [2.45, 2.75) is 13.8 Å². The molecule has 0 N–H and O–H groups in total. The average Bonchev–Trinajstić information content (AvgIpc) is 2.08. The first-order chi connectivity index (χ1) is 5.69. The highest BCUT2D eigenvalue weighted by atomic mass is 16.5. The van der Waals surface area contributed by atoms with Gasteiger partial charge in [-0.1, -0.05) is 0 Å². The van der Waals surface area contributed by atoms with Gasteiger partial charge in [-0.3, -0.25) is 0 Å². The van der Waals surface area contributed by atoms with Gasteiger partial charge in [-0.25, -0.2) is 0 Å². The number of nitriles is 1. The van der Waals surface area contributed by atoms with Gasteiger partial charge in [0.05, 0.1) is 18.7 Å². The molecule has 0 spiro atoms. The molecule has 0 aliphatic carbocycles. The monoisotopic (exact) mass is 161 g/mol. The van der Waals surface area contributed by atoms with Gasteiger partial charge >= 0.3 is 0 Å². The summed E-state index contributed by atoms with van der Waals surface area (Å²) in [6, 6.07) is 5.86. The summed E-state index contributed by atoms with van der Waals surface area (Å²) in [6.45, 7) is 3.83. The first kappa shape index (κ1) is 8.61. The van der Waals surface area contributed by atoms with Gasteiger partial charge in [-0.15, -0.1) is 0 Å². The summed E-state index contributed by atoms with van der Waals surface area (Å²) in [5.41, 5.74) is 2.67. The van der Waals surface area contributed by atoms with E-state index < -0.39 is 0 Å². The first-order valence-electron chi connectivity index (χ1n) is 3.74. The van der Waals surface area contributed by atoms with Crippen LogP contribution in [0.4, 0.5) is 0 Å². The molecule has 1 aromatic rings. The van der Waals surface area contributed by atoms with E-state index in [0.717, 1.165) is 16.9 Å². The molecule has 0 bridgehead atoms. The van der Waals surface area contributed by atoms with Crippen LogP contribution in [0.3, 0.4) is 0 Å². The molecule has 0 saturated heterocycles. The molecule has 12 heavy (non-hydrogen) atoms. The molecule has 62 valence electrons. The van der Waals surface area contributed by atoms with E-state index in [9.17, 15) is 0 Å². The van der Waals surface area contributed by atoms with Crippen LogP contribution in [0.15, 0.2) is 12.1 Å². The zero-order valence-corrected chi connectivity index (χ0v) is 7.51. The molecule has 1 rings (SSSR count). The van der Waals surface area contributed by atoms with Crippen molar-refractivity contribution < 1.29 is 4.74 Å². The number of benzene rings is 1. The van der Waals surface area contributed by atoms with Gasteiger partial charge in [0.2, 0.25) is 0 Å². The molecular formula is C10H11NO. The minimum absolute atomic E-state index is 0.716. The van der Waals surface area contributed by atoms with E-state index in [2.05, 4.69) is 6.07 Å². The summed E-state index contributed by atoms with van der Waals surface area (Å²) in [5, 5.41) is 8.72. The largest absolute Gasteiger partial charge is 0.496 e. The lowest BCUT2D eigenvalue weighted by Gasteiger charge is -2.06. The van der Waals surface area contributed by atoms with Crippen LogP contribution in [0, 0.1) is 25.2 Å². The summed E-state index contributed by atoms with van der Waals surface area (Å²) >= 11 is 0. The fourth-order valence-corrected chi connectivity index (χ4v) is 1.13. The van der Waals surface area contributed by atoms with E-state index in [0.29, 0.717) is 5.56 Å². The summed E-state index contributed by atoms with van der Waals surface area (Å²) in [4.78, 5) is 0. The van der Waals surface area contributed by atoms with Crippen LogP contribution >= 0.6 is 0 Å². The Bertz CT molecular complexity index is 336. The van der Waals surface area contributed by atoms with Crippen LogP contribution in [0.25, 0.3) is 0 Å². The van der Waals surface area contributed by atoms with Crippen LogP contribution in [0.5, 0.6) is 5.75 Å². The van der Waals surface area contributed by atoms with Crippen LogP contribution < -0.4 is 4.74 Å². The molecule has 0 atom stereocenters. The van der Waals surface area contributed by atoms with Crippen molar-refractivity contribution in [1.29, 1.82) is 5.26 Å². The molecule has 1 aromatic carbocycles. The minimum Gasteiger partial charge on any atom is -0.496 e. The zero-order chi connectivity index (χ0) is 9.14. The van der Waals surface area contributed by atoms with E-state index in [1.165, 1.54) is 0 Å². The highest BCUT2D eigenvalue weighted by Gasteiger charge is 2.02. The van der Waals surface area contributed by atoms with Gasteiger partial charge in [0.25, 0.3) is 0 Å². The van der Waals surface area contributed by atoms with E-state index in [4.69, 9.17) is 10.00 Å². The molecule has 0 aliphatic heterocycles. The number of rotatable bonds is 1. The van der Waals surface area contributed by atoms with E-state index in [1.807, 2.05) is 26.0 Å². The summed E-state index contributed by atoms with van der Waals surface area (Å²) in [5.74, 6) is 0.839. The van der Waals surface area contributed by atoms with E-state index >= 15 is 0 Å². The molecule has 2 heteroatoms. The number of hydrogen-bond acceptors (Lipinski definition) is 2.